The molecule has 0 radical (unpaired) electrons. The van der Waals surface area contributed by atoms with Gasteiger partial charge in [-0.05, 0) is 54.2 Å². The SMILES string of the molecule is COc1cc(C)c(CNCC2(O)CCc3ccccc32)cc1OC. The average Bonchev–Trinajstić information content (AvgIpc) is 2.93. The van der Waals surface area contributed by atoms with Crippen LogP contribution in [0.2, 0.25) is 0 Å². The van der Waals surface area contributed by atoms with Gasteiger partial charge in [0.05, 0.1) is 14.2 Å². The minimum Gasteiger partial charge on any atom is -0.493 e. The van der Waals surface area contributed by atoms with Gasteiger partial charge in [-0.1, -0.05) is 24.3 Å². The Bertz CT molecular complexity index is 729. The fraction of sp³-hybridized carbons (Fsp3) is 0.400. The molecule has 24 heavy (non-hydrogen) atoms. The molecular weight excluding hydrogens is 302 g/mol. The van der Waals surface area contributed by atoms with Gasteiger partial charge in [0.15, 0.2) is 11.5 Å². The highest BCUT2D eigenvalue weighted by atomic mass is 16.5. The van der Waals surface area contributed by atoms with E-state index in [-0.39, 0.29) is 0 Å². The van der Waals surface area contributed by atoms with Crippen molar-refractivity contribution in [3.63, 3.8) is 0 Å². The molecule has 4 nitrogen and oxygen atoms in total. The molecule has 1 aliphatic carbocycles. The van der Waals surface area contributed by atoms with E-state index in [4.69, 9.17) is 9.47 Å². The van der Waals surface area contributed by atoms with E-state index in [0.29, 0.717) is 13.1 Å². The molecule has 0 heterocycles. The van der Waals surface area contributed by atoms with Crippen LogP contribution in [0, 0.1) is 6.92 Å². The highest BCUT2D eigenvalue weighted by Gasteiger charge is 2.35. The lowest BCUT2D eigenvalue weighted by molar-refractivity contribution is 0.0384. The molecule has 4 heteroatoms. The summed E-state index contributed by atoms with van der Waals surface area (Å²) in [7, 11) is 3.28. The van der Waals surface area contributed by atoms with Crippen LogP contribution in [0.15, 0.2) is 36.4 Å². The maximum atomic E-state index is 11.0. The molecule has 0 aliphatic heterocycles. The van der Waals surface area contributed by atoms with Crippen LogP contribution in [-0.2, 0) is 18.6 Å². The van der Waals surface area contributed by atoms with Crippen LogP contribution in [0.5, 0.6) is 11.5 Å². The molecular formula is C20H25NO3. The molecule has 2 aromatic carbocycles. The predicted molar refractivity (Wildman–Crippen MR) is 94.6 cm³/mol. The lowest BCUT2D eigenvalue weighted by Gasteiger charge is -2.25. The van der Waals surface area contributed by atoms with Gasteiger partial charge in [-0.2, -0.15) is 0 Å². The van der Waals surface area contributed by atoms with Crippen LogP contribution in [0.3, 0.4) is 0 Å². The molecule has 0 bridgehead atoms. The number of fused-ring (bicyclic) bond motifs is 1. The highest BCUT2D eigenvalue weighted by Crippen LogP contribution is 2.36. The maximum absolute atomic E-state index is 11.0. The van der Waals surface area contributed by atoms with Crippen molar-refractivity contribution in [2.45, 2.75) is 31.9 Å². The number of methoxy groups -OCH3 is 2. The lowest BCUT2D eigenvalue weighted by Crippen LogP contribution is -2.36. The van der Waals surface area contributed by atoms with Crippen molar-refractivity contribution >= 4 is 0 Å². The van der Waals surface area contributed by atoms with Gasteiger partial charge in [0.25, 0.3) is 0 Å². The fourth-order valence-electron chi connectivity index (χ4n) is 3.47. The number of nitrogens with one attached hydrogen (secondary N) is 1. The Morgan fingerprint density at radius 3 is 2.58 bits per heavy atom. The zero-order chi connectivity index (χ0) is 17.2. The van der Waals surface area contributed by atoms with Gasteiger partial charge in [-0.3, -0.25) is 0 Å². The second kappa shape index (κ2) is 6.83. The third-order valence-corrected chi connectivity index (χ3v) is 4.90. The zero-order valence-electron chi connectivity index (χ0n) is 14.6. The predicted octanol–water partition coefficient (Wildman–Crippen LogP) is 2.94. The molecule has 3 rings (SSSR count). The van der Waals surface area contributed by atoms with Crippen LogP contribution in [0.1, 0.15) is 28.7 Å². The summed E-state index contributed by atoms with van der Waals surface area (Å²) in [5, 5.41) is 14.4. The molecule has 0 aromatic heterocycles. The normalized spacial score (nSPS) is 19.2. The van der Waals surface area contributed by atoms with Gasteiger partial charge in [0, 0.05) is 13.1 Å². The first-order chi connectivity index (χ1) is 11.6. The summed E-state index contributed by atoms with van der Waals surface area (Å²) in [6.45, 7) is 3.27. The van der Waals surface area contributed by atoms with Crippen molar-refractivity contribution in [1.29, 1.82) is 0 Å². The van der Waals surface area contributed by atoms with Crippen molar-refractivity contribution in [3.05, 3.63) is 58.7 Å². The Morgan fingerprint density at radius 2 is 1.83 bits per heavy atom. The van der Waals surface area contributed by atoms with Crippen LogP contribution in [0.25, 0.3) is 0 Å². The summed E-state index contributed by atoms with van der Waals surface area (Å²) in [4.78, 5) is 0. The first kappa shape index (κ1) is 16.8. The summed E-state index contributed by atoms with van der Waals surface area (Å²) in [5.41, 5.74) is 3.81. The van der Waals surface area contributed by atoms with Crippen molar-refractivity contribution in [1.82, 2.24) is 5.32 Å². The van der Waals surface area contributed by atoms with Gasteiger partial charge in [-0.25, -0.2) is 0 Å². The minimum absolute atomic E-state index is 0.539. The van der Waals surface area contributed by atoms with Gasteiger partial charge >= 0.3 is 0 Å². The van der Waals surface area contributed by atoms with Crippen molar-refractivity contribution < 1.29 is 14.6 Å². The minimum atomic E-state index is -0.777. The topological polar surface area (TPSA) is 50.7 Å². The molecule has 0 saturated heterocycles. The second-order valence-electron chi connectivity index (χ2n) is 6.43. The summed E-state index contributed by atoms with van der Waals surface area (Å²) >= 11 is 0. The molecule has 1 unspecified atom stereocenters. The van der Waals surface area contributed by atoms with E-state index in [1.807, 2.05) is 30.3 Å². The molecule has 1 aliphatic rings. The number of rotatable bonds is 6. The number of ether oxygens (including phenoxy) is 2. The first-order valence-corrected chi connectivity index (χ1v) is 8.30. The van der Waals surface area contributed by atoms with Crippen molar-refractivity contribution in [2.75, 3.05) is 20.8 Å². The summed E-state index contributed by atoms with van der Waals surface area (Å²) in [5.74, 6) is 1.46. The van der Waals surface area contributed by atoms with Gasteiger partial charge in [0.2, 0.25) is 0 Å². The standard InChI is InChI=1S/C20H25NO3/c1-14-10-18(23-2)19(24-3)11-16(14)12-21-13-20(22)9-8-15-6-4-5-7-17(15)20/h4-7,10-11,21-22H,8-9,12-13H2,1-3H3. The van der Waals surface area contributed by atoms with Crippen molar-refractivity contribution in [3.8, 4) is 11.5 Å². The first-order valence-electron chi connectivity index (χ1n) is 8.30. The van der Waals surface area contributed by atoms with E-state index >= 15 is 0 Å². The van der Waals surface area contributed by atoms with E-state index < -0.39 is 5.60 Å². The molecule has 128 valence electrons. The Kier molecular flexibility index (Phi) is 4.78. The summed E-state index contributed by atoms with van der Waals surface area (Å²) < 4.78 is 10.7. The molecule has 0 amide bonds. The van der Waals surface area contributed by atoms with Crippen LogP contribution in [0.4, 0.5) is 0 Å². The van der Waals surface area contributed by atoms with E-state index in [1.165, 1.54) is 5.56 Å². The van der Waals surface area contributed by atoms with Crippen molar-refractivity contribution in [2.24, 2.45) is 0 Å². The van der Waals surface area contributed by atoms with Crippen LogP contribution in [-0.4, -0.2) is 25.9 Å². The highest BCUT2D eigenvalue weighted by molar-refractivity contribution is 5.47. The van der Waals surface area contributed by atoms with E-state index in [0.717, 1.165) is 41.0 Å². The Morgan fingerprint density at radius 1 is 1.12 bits per heavy atom. The van der Waals surface area contributed by atoms with E-state index in [9.17, 15) is 5.11 Å². The second-order valence-corrected chi connectivity index (χ2v) is 6.43. The monoisotopic (exact) mass is 327 g/mol. The largest absolute Gasteiger partial charge is 0.493 e. The van der Waals surface area contributed by atoms with Crippen LogP contribution < -0.4 is 14.8 Å². The Labute approximate surface area is 143 Å². The maximum Gasteiger partial charge on any atom is 0.161 e. The molecule has 1 atom stereocenters. The summed E-state index contributed by atoms with van der Waals surface area (Å²) in [6, 6.07) is 12.1. The number of aryl methyl sites for hydroxylation is 2. The zero-order valence-corrected chi connectivity index (χ0v) is 14.6. The third-order valence-electron chi connectivity index (χ3n) is 4.90. The molecule has 0 fully saturated rings. The van der Waals surface area contributed by atoms with E-state index in [2.05, 4.69) is 18.3 Å². The number of aliphatic hydroxyl groups is 1. The molecule has 2 aromatic rings. The van der Waals surface area contributed by atoms with Gasteiger partial charge in [-0.15, -0.1) is 0 Å². The Balaban J connectivity index is 1.69. The quantitative estimate of drug-likeness (QED) is 0.856. The average molecular weight is 327 g/mol. The van der Waals surface area contributed by atoms with Crippen LogP contribution >= 0.6 is 0 Å². The van der Waals surface area contributed by atoms with E-state index in [1.54, 1.807) is 14.2 Å². The fourth-order valence-corrected chi connectivity index (χ4v) is 3.47. The number of hydrogen-bond donors (Lipinski definition) is 2. The molecule has 2 N–H and O–H groups in total. The lowest BCUT2D eigenvalue weighted by atomic mass is 9.96. The molecule has 0 saturated carbocycles. The summed E-state index contributed by atoms with van der Waals surface area (Å²) in [6.07, 6.45) is 1.70. The molecule has 0 spiro atoms. The van der Waals surface area contributed by atoms with Gasteiger partial charge < -0.3 is 19.9 Å². The Hall–Kier alpha value is -2.04. The number of benzene rings is 2. The third kappa shape index (κ3) is 3.12. The number of hydrogen-bond acceptors (Lipinski definition) is 4. The smallest absolute Gasteiger partial charge is 0.161 e. The van der Waals surface area contributed by atoms with Gasteiger partial charge in [0.1, 0.15) is 5.60 Å².